The summed E-state index contributed by atoms with van der Waals surface area (Å²) in [7, 11) is 0. The van der Waals surface area contributed by atoms with E-state index >= 15 is 0 Å². The number of hydrogen-bond donors (Lipinski definition) is 1. The van der Waals surface area contributed by atoms with Crippen LogP contribution in [0, 0.1) is 11.8 Å². The van der Waals surface area contributed by atoms with E-state index in [4.69, 9.17) is 0 Å². The first kappa shape index (κ1) is 18.5. The number of carbonyl (C=O) groups is 1. The van der Waals surface area contributed by atoms with Crippen molar-refractivity contribution in [3.8, 4) is 11.1 Å². The van der Waals surface area contributed by atoms with Crippen molar-refractivity contribution in [2.75, 3.05) is 0 Å². The fourth-order valence-electron chi connectivity index (χ4n) is 2.66. The molecule has 1 heterocycles. The van der Waals surface area contributed by atoms with Gasteiger partial charge in [0.2, 0.25) is 11.9 Å². The van der Waals surface area contributed by atoms with Crippen molar-refractivity contribution >= 4 is 12.0 Å². The van der Waals surface area contributed by atoms with Crippen molar-refractivity contribution in [3.63, 3.8) is 0 Å². The normalized spacial score (nSPS) is 12.1. The van der Waals surface area contributed by atoms with Crippen LogP contribution in [0.25, 0.3) is 17.2 Å². The van der Waals surface area contributed by atoms with E-state index in [9.17, 15) is 13.6 Å². The maximum atomic E-state index is 13.2. The number of hydrogen-bond acceptors (Lipinski definition) is 2. The molecule has 0 spiro atoms. The quantitative estimate of drug-likeness (QED) is 0.516. The average molecular weight is 364 g/mol. The zero-order valence-corrected chi connectivity index (χ0v) is 14.7. The molecule has 0 aliphatic heterocycles. The molecular weight excluding hydrogens is 346 g/mol. The van der Waals surface area contributed by atoms with E-state index < -0.39 is 5.95 Å². The van der Waals surface area contributed by atoms with E-state index in [0.29, 0.717) is 5.56 Å². The summed E-state index contributed by atoms with van der Waals surface area (Å²) in [5.41, 5.74) is 3.20. The van der Waals surface area contributed by atoms with Crippen molar-refractivity contribution in [2.24, 2.45) is 0 Å². The summed E-state index contributed by atoms with van der Waals surface area (Å²) < 4.78 is 26.1. The van der Waals surface area contributed by atoms with Crippen LogP contribution < -0.4 is 5.32 Å². The van der Waals surface area contributed by atoms with Gasteiger partial charge in [0.15, 0.2) is 0 Å². The van der Waals surface area contributed by atoms with Gasteiger partial charge in [0.25, 0.3) is 0 Å². The minimum Gasteiger partial charge on any atom is -0.346 e. The third-order valence-electron chi connectivity index (χ3n) is 4.08. The Balaban J connectivity index is 1.68. The number of nitrogens with one attached hydrogen (secondary N) is 1. The zero-order valence-electron chi connectivity index (χ0n) is 14.7. The predicted octanol–water partition coefficient (Wildman–Crippen LogP) is 4.92. The highest BCUT2D eigenvalue weighted by Crippen LogP contribution is 2.23. The summed E-state index contributed by atoms with van der Waals surface area (Å²) in [5.74, 6) is -1.15. The monoisotopic (exact) mass is 364 g/mol. The Kier molecular flexibility index (Phi) is 5.71. The van der Waals surface area contributed by atoms with E-state index in [1.807, 2.05) is 31.2 Å². The lowest BCUT2D eigenvalue weighted by molar-refractivity contribution is -0.117. The molecule has 136 valence electrons. The molecule has 0 fully saturated rings. The highest BCUT2D eigenvalue weighted by molar-refractivity contribution is 5.92. The number of carbonyl (C=O) groups excluding carboxylic acids is 1. The largest absolute Gasteiger partial charge is 0.346 e. The molecule has 3 rings (SSSR count). The SMILES string of the molecule is C[C@H](NC(=O)C=Cc1cccc(F)c1)c1cccc(-c2ccc(F)nc2)c1. The lowest BCUT2D eigenvalue weighted by Crippen LogP contribution is -2.24. The molecule has 0 bridgehead atoms. The number of halogens is 2. The number of rotatable bonds is 5. The van der Waals surface area contributed by atoms with Gasteiger partial charge in [-0.3, -0.25) is 4.79 Å². The molecule has 0 unspecified atom stereocenters. The van der Waals surface area contributed by atoms with Crippen molar-refractivity contribution < 1.29 is 13.6 Å². The summed E-state index contributed by atoms with van der Waals surface area (Å²) in [6.45, 7) is 1.87. The molecule has 27 heavy (non-hydrogen) atoms. The second kappa shape index (κ2) is 8.36. The lowest BCUT2D eigenvalue weighted by Gasteiger charge is -2.14. The van der Waals surface area contributed by atoms with Gasteiger partial charge in [-0.15, -0.1) is 0 Å². The summed E-state index contributed by atoms with van der Waals surface area (Å²) in [6, 6.07) is 16.4. The molecule has 0 aliphatic rings. The molecule has 5 heteroatoms. The first-order valence-corrected chi connectivity index (χ1v) is 8.47. The molecule has 0 saturated carbocycles. The van der Waals surface area contributed by atoms with E-state index in [1.165, 1.54) is 30.5 Å². The van der Waals surface area contributed by atoms with Gasteiger partial charge in [-0.25, -0.2) is 9.37 Å². The minimum atomic E-state index is -0.527. The number of benzene rings is 2. The molecule has 1 N–H and O–H groups in total. The van der Waals surface area contributed by atoms with Crippen LogP contribution >= 0.6 is 0 Å². The van der Waals surface area contributed by atoms with Crippen molar-refractivity contribution in [1.29, 1.82) is 0 Å². The van der Waals surface area contributed by atoms with Crippen LogP contribution in [-0.4, -0.2) is 10.9 Å². The third kappa shape index (κ3) is 5.07. The van der Waals surface area contributed by atoms with E-state index in [1.54, 1.807) is 24.3 Å². The molecule has 0 aliphatic carbocycles. The Morgan fingerprint density at radius 2 is 1.85 bits per heavy atom. The van der Waals surface area contributed by atoms with Crippen molar-refractivity contribution in [1.82, 2.24) is 10.3 Å². The Hall–Kier alpha value is -3.34. The second-order valence-corrected chi connectivity index (χ2v) is 6.11. The van der Waals surface area contributed by atoms with Gasteiger partial charge in [0.1, 0.15) is 5.82 Å². The van der Waals surface area contributed by atoms with E-state index in [-0.39, 0.29) is 17.8 Å². The highest BCUT2D eigenvalue weighted by Gasteiger charge is 2.09. The Morgan fingerprint density at radius 1 is 1.04 bits per heavy atom. The summed E-state index contributed by atoms with van der Waals surface area (Å²) in [6.07, 6.45) is 4.41. The van der Waals surface area contributed by atoms with Gasteiger partial charge in [-0.1, -0.05) is 30.3 Å². The fourth-order valence-corrected chi connectivity index (χ4v) is 2.66. The van der Waals surface area contributed by atoms with Crippen LogP contribution in [0.1, 0.15) is 24.1 Å². The first-order valence-electron chi connectivity index (χ1n) is 8.47. The molecular formula is C22H18F2N2O. The van der Waals surface area contributed by atoms with Crippen LogP contribution in [0.15, 0.2) is 72.9 Å². The molecule has 3 nitrogen and oxygen atoms in total. The fraction of sp³-hybridized carbons (Fsp3) is 0.0909. The second-order valence-electron chi connectivity index (χ2n) is 6.11. The van der Waals surface area contributed by atoms with Gasteiger partial charge in [0, 0.05) is 17.8 Å². The van der Waals surface area contributed by atoms with Crippen LogP contribution in [0.5, 0.6) is 0 Å². The molecule has 0 saturated heterocycles. The Morgan fingerprint density at radius 3 is 2.59 bits per heavy atom. The molecule has 3 aromatic rings. The maximum Gasteiger partial charge on any atom is 0.244 e. The Bertz CT molecular complexity index is 968. The van der Waals surface area contributed by atoms with E-state index in [0.717, 1.165) is 16.7 Å². The summed E-state index contributed by atoms with van der Waals surface area (Å²) in [4.78, 5) is 15.8. The Labute approximate surface area is 156 Å². The predicted molar refractivity (Wildman–Crippen MR) is 102 cm³/mol. The smallest absolute Gasteiger partial charge is 0.244 e. The average Bonchev–Trinajstić information content (AvgIpc) is 2.67. The van der Waals surface area contributed by atoms with Crippen LogP contribution in [-0.2, 0) is 4.79 Å². The molecule has 1 amide bonds. The third-order valence-corrected chi connectivity index (χ3v) is 4.08. The maximum absolute atomic E-state index is 13.2. The molecule has 1 atom stereocenters. The van der Waals surface area contributed by atoms with E-state index in [2.05, 4.69) is 10.3 Å². The molecule has 0 radical (unpaired) electrons. The molecule has 1 aromatic heterocycles. The van der Waals surface area contributed by atoms with Gasteiger partial charge in [-0.2, -0.15) is 4.39 Å². The van der Waals surface area contributed by atoms with Crippen LogP contribution in [0.2, 0.25) is 0 Å². The van der Waals surface area contributed by atoms with Crippen molar-refractivity contribution in [2.45, 2.75) is 13.0 Å². The summed E-state index contributed by atoms with van der Waals surface area (Å²) >= 11 is 0. The topological polar surface area (TPSA) is 42.0 Å². The van der Waals surface area contributed by atoms with Gasteiger partial charge >= 0.3 is 0 Å². The van der Waals surface area contributed by atoms with Gasteiger partial charge < -0.3 is 5.32 Å². The summed E-state index contributed by atoms with van der Waals surface area (Å²) in [5, 5.41) is 2.87. The van der Waals surface area contributed by atoms with Gasteiger partial charge in [0.05, 0.1) is 6.04 Å². The van der Waals surface area contributed by atoms with Crippen LogP contribution in [0.4, 0.5) is 8.78 Å². The number of nitrogens with zero attached hydrogens (tertiary/aromatic N) is 1. The lowest BCUT2D eigenvalue weighted by atomic mass is 10.0. The number of amides is 1. The standard InChI is InChI=1S/C22H18F2N2O/c1-15(26-22(27)11-8-16-4-2-7-20(23)12-16)17-5-3-6-18(13-17)19-9-10-21(24)25-14-19/h2-15H,1H3,(H,26,27)/t15-/m0/s1. The highest BCUT2D eigenvalue weighted by atomic mass is 19.1. The van der Waals surface area contributed by atoms with Crippen molar-refractivity contribution in [3.05, 3.63) is 95.8 Å². The minimum absolute atomic E-state index is 0.233. The van der Waals surface area contributed by atoms with Crippen LogP contribution in [0.3, 0.4) is 0 Å². The number of aromatic nitrogens is 1. The molecule has 2 aromatic carbocycles. The van der Waals surface area contributed by atoms with Gasteiger partial charge in [-0.05, 0) is 60.0 Å². The zero-order chi connectivity index (χ0) is 19.2. The first-order chi connectivity index (χ1) is 13.0. The number of pyridine rings is 1.